The Morgan fingerprint density at radius 1 is 0.962 bits per heavy atom. The predicted molar refractivity (Wildman–Crippen MR) is 103 cm³/mol. The third-order valence-corrected chi connectivity index (χ3v) is 4.29. The smallest absolute Gasteiger partial charge is 0.240 e. The highest BCUT2D eigenvalue weighted by Gasteiger charge is 2.20. The molecule has 0 aromatic heterocycles. The summed E-state index contributed by atoms with van der Waals surface area (Å²) in [4.78, 5) is 24.3. The number of rotatable bonds is 7. The SMILES string of the molecule is Cc1ccc(C(NC(=O)CNC(=O)[C@@H](N)C(C)C)c2ccccc2)cc1. The first kappa shape index (κ1) is 19.7. The number of amides is 2. The summed E-state index contributed by atoms with van der Waals surface area (Å²) in [7, 11) is 0. The summed E-state index contributed by atoms with van der Waals surface area (Å²) in [6.45, 7) is 5.65. The van der Waals surface area contributed by atoms with E-state index in [0.29, 0.717) is 0 Å². The quantitative estimate of drug-likeness (QED) is 0.714. The first-order chi connectivity index (χ1) is 12.4. The fourth-order valence-corrected chi connectivity index (χ4v) is 2.56. The van der Waals surface area contributed by atoms with E-state index in [2.05, 4.69) is 10.6 Å². The van der Waals surface area contributed by atoms with Crippen molar-refractivity contribution >= 4 is 11.8 Å². The van der Waals surface area contributed by atoms with Gasteiger partial charge in [-0.1, -0.05) is 74.0 Å². The molecule has 2 rings (SSSR count). The maximum absolute atomic E-state index is 12.4. The molecule has 0 heterocycles. The van der Waals surface area contributed by atoms with Gasteiger partial charge in [0.25, 0.3) is 0 Å². The molecule has 0 aliphatic carbocycles. The first-order valence-corrected chi connectivity index (χ1v) is 8.82. The summed E-state index contributed by atoms with van der Waals surface area (Å²) in [5.41, 5.74) is 8.92. The van der Waals surface area contributed by atoms with Gasteiger partial charge in [-0.15, -0.1) is 0 Å². The molecule has 138 valence electrons. The van der Waals surface area contributed by atoms with Crippen LogP contribution in [0.4, 0.5) is 0 Å². The van der Waals surface area contributed by atoms with Gasteiger partial charge >= 0.3 is 0 Å². The van der Waals surface area contributed by atoms with Gasteiger partial charge in [-0.05, 0) is 24.0 Å². The average molecular weight is 353 g/mol. The monoisotopic (exact) mass is 353 g/mol. The van der Waals surface area contributed by atoms with Crippen LogP contribution in [0.3, 0.4) is 0 Å². The number of benzene rings is 2. The van der Waals surface area contributed by atoms with E-state index >= 15 is 0 Å². The molecule has 0 fully saturated rings. The maximum Gasteiger partial charge on any atom is 0.240 e. The third-order valence-electron chi connectivity index (χ3n) is 4.29. The Hall–Kier alpha value is -2.66. The Bertz CT molecular complexity index is 727. The fourth-order valence-electron chi connectivity index (χ4n) is 2.56. The fraction of sp³-hybridized carbons (Fsp3) is 0.333. The number of carbonyl (C=O) groups excluding carboxylic acids is 2. The molecule has 0 aliphatic rings. The van der Waals surface area contributed by atoms with E-state index in [0.717, 1.165) is 16.7 Å². The van der Waals surface area contributed by atoms with Crippen LogP contribution in [0.15, 0.2) is 54.6 Å². The molecular weight excluding hydrogens is 326 g/mol. The number of aryl methyl sites for hydroxylation is 1. The minimum absolute atomic E-state index is 0.0164. The lowest BCUT2D eigenvalue weighted by atomic mass is 9.98. The van der Waals surface area contributed by atoms with Crippen LogP contribution >= 0.6 is 0 Å². The van der Waals surface area contributed by atoms with Crippen LogP contribution in [0, 0.1) is 12.8 Å². The second-order valence-corrected chi connectivity index (χ2v) is 6.81. The van der Waals surface area contributed by atoms with Crippen molar-refractivity contribution in [3.8, 4) is 0 Å². The average Bonchev–Trinajstić information content (AvgIpc) is 2.65. The minimum Gasteiger partial charge on any atom is -0.346 e. The molecule has 5 nitrogen and oxygen atoms in total. The van der Waals surface area contributed by atoms with Gasteiger partial charge in [0.15, 0.2) is 0 Å². The highest BCUT2D eigenvalue weighted by Crippen LogP contribution is 2.22. The van der Waals surface area contributed by atoms with Crippen molar-refractivity contribution in [1.82, 2.24) is 10.6 Å². The molecule has 0 aliphatic heterocycles. The van der Waals surface area contributed by atoms with Crippen molar-refractivity contribution in [2.24, 2.45) is 11.7 Å². The highest BCUT2D eigenvalue weighted by atomic mass is 16.2. The van der Waals surface area contributed by atoms with Gasteiger partial charge in [0.2, 0.25) is 11.8 Å². The van der Waals surface area contributed by atoms with Gasteiger partial charge in [0.05, 0.1) is 18.6 Å². The Morgan fingerprint density at radius 2 is 1.54 bits per heavy atom. The van der Waals surface area contributed by atoms with Gasteiger partial charge in [0, 0.05) is 0 Å². The first-order valence-electron chi connectivity index (χ1n) is 8.82. The molecule has 2 atom stereocenters. The van der Waals surface area contributed by atoms with Crippen LogP contribution in [0.2, 0.25) is 0 Å². The Balaban J connectivity index is 2.08. The molecule has 5 heteroatoms. The lowest BCUT2D eigenvalue weighted by molar-refractivity contribution is -0.127. The van der Waals surface area contributed by atoms with Crippen LogP contribution < -0.4 is 16.4 Å². The van der Waals surface area contributed by atoms with Gasteiger partial charge in [-0.3, -0.25) is 9.59 Å². The van der Waals surface area contributed by atoms with Gasteiger partial charge < -0.3 is 16.4 Å². The Labute approximate surface area is 155 Å². The molecule has 2 aromatic rings. The zero-order valence-electron chi connectivity index (χ0n) is 15.5. The van der Waals surface area contributed by atoms with Crippen LogP contribution in [0.25, 0.3) is 0 Å². The summed E-state index contributed by atoms with van der Waals surface area (Å²) in [5.74, 6) is -0.562. The van der Waals surface area contributed by atoms with Crippen molar-refractivity contribution in [1.29, 1.82) is 0 Å². The summed E-state index contributed by atoms with van der Waals surface area (Å²) < 4.78 is 0. The molecule has 0 bridgehead atoms. The molecule has 0 radical (unpaired) electrons. The molecule has 0 saturated heterocycles. The number of carbonyl (C=O) groups is 2. The number of nitrogens with two attached hydrogens (primary N) is 1. The van der Waals surface area contributed by atoms with Crippen LogP contribution in [-0.4, -0.2) is 24.4 Å². The molecule has 26 heavy (non-hydrogen) atoms. The zero-order valence-corrected chi connectivity index (χ0v) is 15.5. The van der Waals surface area contributed by atoms with Gasteiger partial charge in [-0.2, -0.15) is 0 Å². The lowest BCUT2D eigenvalue weighted by Gasteiger charge is -2.21. The summed E-state index contributed by atoms with van der Waals surface area (Å²) in [6, 6.07) is 16.9. The van der Waals surface area contributed by atoms with Crippen LogP contribution in [-0.2, 0) is 9.59 Å². The van der Waals surface area contributed by atoms with Crippen LogP contribution in [0.5, 0.6) is 0 Å². The van der Waals surface area contributed by atoms with E-state index in [1.807, 2.05) is 75.4 Å². The molecule has 0 saturated carbocycles. The number of hydrogen-bond acceptors (Lipinski definition) is 3. The summed E-state index contributed by atoms with van der Waals surface area (Å²) >= 11 is 0. The summed E-state index contributed by atoms with van der Waals surface area (Å²) in [5, 5.41) is 5.60. The van der Waals surface area contributed by atoms with E-state index < -0.39 is 6.04 Å². The van der Waals surface area contributed by atoms with E-state index in [1.54, 1.807) is 0 Å². The van der Waals surface area contributed by atoms with Crippen molar-refractivity contribution in [2.75, 3.05) is 6.54 Å². The van der Waals surface area contributed by atoms with E-state index in [1.165, 1.54) is 0 Å². The second kappa shape index (κ2) is 9.15. The molecule has 2 aromatic carbocycles. The van der Waals surface area contributed by atoms with Crippen LogP contribution in [0.1, 0.15) is 36.6 Å². The molecular formula is C21H27N3O2. The summed E-state index contributed by atoms with van der Waals surface area (Å²) in [6.07, 6.45) is 0. The topological polar surface area (TPSA) is 84.2 Å². The van der Waals surface area contributed by atoms with E-state index in [-0.39, 0.29) is 30.3 Å². The van der Waals surface area contributed by atoms with Gasteiger partial charge in [0.1, 0.15) is 0 Å². The normalized spacial score (nSPS) is 13.1. The highest BCUT2D eigenvalue weighted by molar-refractivity contribution is 5.87. The number of nitrogens with one attached hydrogen (secondary N) is 2. The minimum atomic E-state index is -0.621. The molecule has 1 unspecified atom stereocenters. The largest absolute Gasteiger partial charge is 0.346 e. The standard InChI is InChI=1S/C21H27N3O2/c1-14(2)19(22)21(26)23-13-18(25)24-20(16-7-5-4-6-8-16)17-11-9-15(3)10-12-17/h4-12,14,19-20H,13,22H2,1-3H3,(H,23,26)(H,24,25)/t19-,20?/m0/s1. The van der Waals surface area contributed by atoms with E-state index in [4.69, 9.17) is 5.73 Å². The molecule has 4 N–H and O–H groups in total. The Morgan fingerprint density at radius 3 is 2.12 bits per heavy atom. The van der Waals surface area contributed by atoms with Gasteiger partial charge in [-0.25, -0.2) is 0 Å². The van der Waals surface area contributed by atoms with Crippen molar-refractivity contribution in [3.63, 3.8) is 0 Å². The Kier molecular flexibility index (Phi) is 6.92. The van der Waals surface area contributed by atoms with Crippen molar-refractivity contribution < 1.29 is 9.59 Å². The third kappa shape index (κ3) is 5.43. The molecule has 0 spiro atoms. The number of hydrogen-bond donors (Lipinski definition) is 3. The second-order valence-electron chi connectivity index (χ2n) is 6.81. The van der Waals surface area contributed by atoms with Crippen molar-refractivity contribution in [2.45, 2.75) is 32.9 Å². The molecule has 2 amide bonds. The van der Waals surface area contributed by atoms with E-state index in [9.17, 15) is 9.59 Å². The maximum atomic E-state index is 12.4. The lowest BCUT2D eigenvalue weighted by Crippen LogP contribution is -2.47. The zero-order chi connectivity index (χ0) is 19.1. The van der Waals surface area contributed by atoms with Crippen molar-refractivity contribution in [3.05, 3.63) is 71.3 Å². The predicted octanol–water partition coefficient (Wildman–Crippen LogP) is 2.30.